The molecule has 16 heavy (non-hydrogen) atoms. The van der Waals surface area contributed by atoms with Crippen LogP contribution in [0.3, 0.4) is 0 Å². The Morgan fingerprint density at radius 3 is 3.00 bits per heavy atom. The van der Waals surface area contributed by atoms with E-state index in [4.69, 9.17) is 5.11 Å². The Balaban J connectivity index is 2.22. The van der Waals surface area contributed by atoms with Crippen LogP contribution in [0.2, 0.25) is 0 Å². The second-order valence-electron chi connectivity index (χ2n) is 4.35. The van der Waals surface area contributed by atoms with Gasteiger partial charge in [0.25, 0.3) is 0 Å². The molecule has 1 saturated heterocycles. The lowest BCUT2D eigenvalue weighted by Gasteiger charge is -2.21. The SMILES string of the molecule is CC1(C(=O)O)CCN(c2ncccc2Br)C1. The predicted octanol–water partition coefficient (Wildman–Crippen LogP) is 2.15. The van der Waals surface area contributed by atoms with Gasteiger partial charge in [-0.15, -0.1) is 0 Å². The largest absolute Gasteiger partial charge is 0.481 e. The van der Waals surface area contributed by atoms with E-state index in [1.54, 1.807) is 13.1 Å². The molecule has 0 spiro atoms. The van der Waals surface area contributed by atoms with Crippen LogP contribution in [0.25, 0.3) is 0 Å². The van der Waals surface area contributed by atoms with E-state index >= 15 is 0 Å². The molecule has 1 aliphatic rings. The minimum absolute atomic E-state index is 0.512. The maximum absolute atomic E-state index is 11.1. The molecular formula is C11H13BrN2O2. The van der Waals surface area contributed by atoms with Crippen molar-refractivity contribution in [2.75, 3.05) is 18.0 Å². The van der Waals surface area contributed by atoms with Gasteiger partial charge in [0.2, 0.25) is 0 Å². The van der Waals surface area contributed by atoms with Gasteiger partial charge in [0, 0.05) is 19.3 Å². The van der Waals surface area contributed by atoms with Crippen LogP contribution in [0.1, 0.15) is 13.3 Å². The Labute approximate surface area is 102 Å². The zero-order valence-corrected chi connectivity index (χ0v) is 10.6. The van der Waals surface area contributed by atoms with Crippen LogP contribution in [0, 0.1) is 5.41 Å². The molecular weight excluding hydrogens is 272 g/mol. The third kappa shape index (κ3) is 1.91. The van der Waals surface area contributed by atoms with E-state index in [0.29, 0.717) is 13.0 Å². The van der Waals surface area contributed by atoms with Crippen molar-refractivity contribution in [3.63, 3.8) is 0 Å². The Hall–Kier alpha value is -1.10. The standard InChI is InChI=1S/C11H13BrN2O2/c1-11(10(15)16)4-6-14(7-11)9-8(12)3-2-5-13-9/h2-3,5H,4,6-7H2,1H3,(H,15,16). The number of pyridine rings is 1. The Morgan fingerprint density at radius 1 is 1.69 bits per heavy atom. The maximum Gasteiger partial charge on any atom is 0.311 e. The lowest BCUT2D eigenvalue weighted by molar-refractivity contribution is -0.146. The van der Waals surface area contributed by atoms with Gasteiger partial charge in [-0.05, 0) is 41.4 Å². The molecule has 0 amide bonds. The molecule has 1 N–H and O–H groups in total. The molecule has 0 saturated carbocycles. The Bertz CT molecular complexity index is 424. The van der Waals surface area contributed by atoms with Gasteiger partial charge < -0.3 is 10.0 Å². The molecule has 2 rings (SSSR count). The fourth-order valence-electron chi connectivity index (χ4n) is 1.93. The molecule has 0 bridgehead atoms. The maximum atomic E-state index is 11.1. The van der Waals surface area contributed by atoms with E-state index in [-0.39, 0.29) is 0 Å². The van der Waals surface area contributed by atoms with Crippen molar-refractivity contribution in [2.24, 2.45) is 5.41 Å². The zero-order valence-electron chi connectivity index (χ0n) is 8.98. The summed E-state index contributed by atoms with van der Waals surface area (Å²) in [6, 6.07) is 3.76. The molecule has 0 radical (unpaired) electrons. The third-order valence-corrected chi connectivity index (χ3v) is 3.65. The quantitative estimate of drug-likeness (QED) is 0.904. The molecule has 4 nitrogen and oxygen atoms in total. The van der Waals surface area contributed by atoms with Crippen molar-refractivity contribution < 1.29 is 9.90 Å². The number of carboxylic acid groups (broad SMARTS) is 1. The molecule has 1 fully saturated rings. The summed E-state index contributed by atoms with van der Waals surface area (Å²) >= 11 is 3.43. The van der Waals surface area contributed by atoms with Gasteiger partial charge in [0.1, 0.15) is 5.82 Å². The van der Waals surface area contributed by atoms with Crippen LogP contribution in [0.15, 0.2) is 22.8 Å². The summed E-state index contributed by atoms with van der Waals surface area (Å²) in [4.78, 5) is 17.4. The van der Waals surface area contributed by atoms with E-state index in [2.05, 4.69) is 20.9 Å². The highest BCUT2D eigenvalue weighted by Gasteiger charge is 2.41. The van der Waals surface area contributed by atoms with E-state index in [1.165, 1.54) is 0 Å². The van der Waals surface area contributed by atoms with Gasteiger partial charge in [0.05, 0.1) is 9.89 Å². The van der Waals surface area contributed by atoms with Crippen LogP contribution in [0.4, 0.5) is 5.82 Å². The van der Waals surface area contributed by atoms with E-state index in [9.17, 15) is 4.79 Å². The summed E-state index contributed by atoms with van der Waals surface area (Å²) in [7, 11) is 0. The molecule has 1 unspecified atom stereocenters. The van der Waals surface area contributed by atoms with Crippen molar-refractivity contribution in [2.45, 2.75) is 13.3 Å². The fourth-order valence-corrected chi connectivity index (χ4v) is 2.43. The molecule has 0 aliphatic carbocycles. The minimum atomic E-state index is -0.734. The number of halogens is 1. The number of carbonyl (C=O) groups is 1. The molecule has 1 aliphatic heterocycles. The average molecular weight is 285 g/mol. The van der Waals surface area contributed by atoms with E-state index in [0.717, 1.165) is 16.8 Å². The average Bonchev–Trinajstić information content (AvgIpc) is 2.63. The molecule has 86 valence electrons. The number of hydrogen-bond donors (Lipinski definition) is 1. The molecule has 1 aromatic rings. The summed E-state index contributed by atoms with van der Waals surface area (Å²) in [5.74, 6) is 0.0922. The monoisotopic (exact) mass is 284 g/mol. The summed E-state index contributed by atoms with van der Waals surface area (Å²) in [6.07, 6.45) is 2.38. The lowest BCUT2D eigenvalue weighted by Crippen LogP contribution is -2.32. The summed E-state index contributed by atoms with van der Waals surface area (Å²) in [6.45, 7) is 3.03. The minimum Gasteiger partial charge on any atom is -0.481 e. The van der Waals surface area contributed by atoms with Crippen molar-refractivity contribution in [3.05, 3.63) is 22.8 Å². The van der Waals surface area contributed by atoms with Crippen molar-refractivity contribution in [1.29, 1.82) is 0 Å². The molecule has 0 aromatic carbocycles. The number of aromatic nitrogens is 1. The number of rotatable bonds is 2. The second kappa shape index (κ2) is 4.05. The van der Waals surface area contributed by atoms with Gasteiger partial charge in [-0.3, -0.25) is 4.79 Å². The van der Waals surface area contributed by atoms with Gasteiger partial charge in [-0.1, -0.05) is 0 Å². The van der Waals surface area contributed by atoms with Gasteiger partial charge in [-0.25, -0.2) is 4.98 Å². The van der Waals surface area contributed by atoms with Gasteiger partial charge in [-0.2, -0.15) is 0 Å². The van der Waals surface area contributed by atoms with Crippen LogP contribution in [-0.4, -0.2) is 29.1 Å². The van der Waals surface area contributed by atoms with Gasteiger partial charge >= 0.3 is 5.97 Å². The first-order valence-corrected chi connectivity index (χ1v) is 5.91. The highest BCUT2D eigenvalue weighted by atomic mass is 79.9. The second-order valence-corrected chi connectivity index (χ2v) is 5.20. The first-order valence-electron chi connectivity index (χ1n) is 5.12. The van der Waals surface area contributed by atoms with E-state index in [1.807, 2.05) is 17.0 Å². The number of anilines is 1. The normalized spacial score (nSPS) is 24.8. The van der Waals surface area contributed by atoms with Crippen LogP contribution >= 0.6 is 15.9 Å². The molecule has 1 aromatic heterocycles. The van der Waals surface area contributed by atoms with Crippen molar-refractivity contribution >= 4 is 27.7 Å². The highest BCUT2D eigenvalue weighted by molar-refractivity contribution is 9.10. The summed E-state index contributed by atoms with van der Waals surface area (Å²) in [5, 5.41) is 9.15. The number of aliphatic carboxylic acids is 1. The molecule has 5 heteroatoms. The Kier molecular flexibility index (Phi) is 2.88. The fraction of sp³-hybridized carbons (Fsp3) is 0.455. The number of hydrogen-bond acceptors (Lipinski definition) is 3. The molecule has 1 atom stereocenters. The smallest absolute Gasteiger partial charge is 0.311 e. The topological polar surface area (TPSA) is 53.4 Å². The summed E-state index contributed by atoms with van der Waals surface area (Å²) in [5.41, 5.74) is -0.656. The highest BCUT2D eigenvalue weighted by Crippen LogP contribution is 2.35. The number of nitrogens with zero attached hydrogens (tertiary/aromatic N) is 2. The number of carboxylic acids is 1. The first-order chi connectivity index (χ1) is 7.53. The third-order valence-electron chi connectivity index (χ3n) is 3.03. The summed E-state index contributed by atoms with van der Waals surface area (Å²) < 4.78 is 0.907. The Morgan fingerprint density at radius 2 is 2.44 bits per heavy atom. The van der Waals surface area contributed by atoms with Gasteiger partial charge in [0.15, 0.2) is 0 Å². The van der Waals surface area contributed by atoms with Crippen molar-refractivity contribution in [1.82, 2.24) is 4.98 Å². The predicted molar refractivity (Wildman–Crippen MR) is 64.5 cm³/mol. The lowest BCUT2D eigenvalue weighted by atomic mass is 9.90. The first kappa shape index (κ1) is 11.4. The van der Waals surface area contributed by atoms with Crippen LogP contribution in [-0.2, 0) is 4.79 Å². The van der Waals surface area contributed by atoms with Crippen molar-refractivity contribution in [3.8, 4) is 0 Å². The zero-order chi connectivity index (χ0) is 11.8. The molecule has 2 heterocycles. The van der Waals surface area contributed by atoms with Crippen LogP contribution < -0.4 is 4.90 Å². The van der Waals surface area contributed by atoms with E-state index < -0.39 is 11.4 Å². The van der Waals surface area contributed by atoms with Crippen LogP contribution in [0.5, 0.6) is 0 Å².